The zero-order chi connectivity index (χ0) is 10.7. The van der Waals surface area contributed by atoms with Crippen molar-refractivity contribution in [3.63, 3.8) is 0 Å². The number of aromatic nitrogens is 2. The van der Waals surface area contributed by atoms with E-state index in [1.165, 1.54) is 17.4 Å². The summed E-state index contributed by atoms with van der Waals surface area (Å²) in [7, 11) is 0. The second-order valence-corrected chi connectivity index (χ2v) is 3.87. The highest BCUT2D eigenvalue weighted by atomic mass is 32.1. The fourth-order valence-electron chi connectivity index (χ4n) is 1.11. The zero-order valence-corrected chi connectivity index (χ0v) is 8.67. The number of thiophene rings is 1. The van der Waals surface area contributed by atoms with Crippen molar-refractivity contribution in [1.82, 2.24) is 9.97 Å². The van der Waals surface area contributed by atoms with Crippen LogP contribution in [0.3, 0.4) is 0 Å². The van der Waals surface area contributed by atoms with Crippen LogP contribution in [0.4, 0.5) is 4.39 Å². The van der Waals surface area contributed by atoms with E-state index in [1.807, 2.05) is 0 Å². The van der Waals surface area contributed by atoms with Gasteiger partial charge in [0.05, 0.1) is 9.75 Å². The summed E-state index contributed by atoms with van der Waals surface area (Å²) in [6.45, 7) is 3.38. The van der Waals surface area contributed by atoms with E-state index >= 15 is 0 Å². The van der Waals surface area contributed by atoms with Gasteiger partial charge in [-0.2, -0.15) is 0 Å². The maximum atomic E-state index is 13.2. The van der Waals surface area contributed by atoms with Crippen molar-refractivity contribution in [3.8, 4) is 10.7 Å². The van der Waals surface area contributed by atoms with Gasteiger partial charge in [0.25, 0.3) is 0 Å². The van der Waals surface area contributed by atoms with Crippen LogP contribution in [0.5, 0.6) is 0 Å². The Labute approximate surface area is 91.1 Å². The van der Waals surface area contributed by atoms with Crippen molar-refractivity contribution in [1.29, 1.82) is 0 Å². The molecule has 2 rings (SSSR count). The molecule has 2 heterocycles. The predicted molar refractivity (Wildman–Crippen MR) is 59.8 cm³/mol. The van der Waals surface area contributed by atoms with E-state index in [9.17, 15) is 4.39 Å². The van der Waals surface area contributed by atoms with E-state index in [0.29, 0.717) is 10.7 Å². The van der Waals surface area contributed by atoms with Gasteiger partial charge in [-0.25, -0.2) is 14.4 Å². The molecular weight excluding hydrogens is 211 g/mol. The second kappa shape index (κ2) is 4.31. The van der Waals surface area contributed by atoms with Gasteiger partial charge < -0.3 is 0 Å². The molecule has 15 heavy (non-hydrogen) atoms. The van der Waals surface area contributed by atoms with E-state index in [-0.39, 0.29) is 5.83 Å². The van der Waals surface area contributed by atoms with Gasteiger partial charge >= 0.3 is 0 Å². The maximum Gasteiger partial charge on any atom is 0.169 e. The summed E-state index contributed by atoms with van der Waals surface area (Å²) in [5.74, 6) is 0.299. The molecule has 2 nitrogen and oxygen atoms in total. The van der Waals surface area contributed by atoms with Crippen LogP contribution < -0.4 is 0 Å². The van der Waals surface area contributed by atoms with E-state index in [0.717, 1.165) is 4.88 Å². The Bertz CT molecular complexity index is 476. The molecule has 2 aromatic heterocycles. The lowest BCUT2D eigenvalue weighted by Crippen LogP contribution is -1.81. The number of nitrogens with zero attached hydrogens (tertiary/aromatic N) is 2. The highest BCUT2D eigenvalue weighted by Gasteiger charge is 2.07. The summed E-state index contributed by atoms with van der Waals surface area (Å²) in [5, 5.41) is 0. The van der Waals surface area contributed by atoms with Gasteiger partial charge in [-0.05, 0) is 31.2 Å². The van der Waals surface area contributed by atoms with Gasteiger partial charge in [-0.1, -0.05) is 0 Å². The molecule has 0 saturated carbocycles. The third kappa shape index (κ3) is 2.10. The van der Waals surface area contributed by atoms with E-state index in [4.69, 9.17) is 0 Å². The largest absolute Gasteiger partial charge is 0.236 e. The maximum absolute atomic E-state index is 13.2. The van der Waals surface area contributed by atoms with Crippen LogP contribution >= 0.6 is 11.3 Å². The molecule has 1 radical (unpaired) electrons. The van der Waals surface area contributed by atoms with Gasteiger partial charge in [0.2, 0.25) is 0 Å². The first kappa shape index (κ1) is 9.98. The van der Waals surface area contributed by atoms with Crippen LogP contribution in [0, 0.1) is 6.92 Å². The molecule has 0 fully saturated rings. The SMILES string of the molecule is [CH2]/C=C(/F)c1ccc(-c2ncccn2)s1. The van der Waals surface area contributed by atoms with E-state index < -0.39 is 0 Å². The van der Waals surface area contributed by atoms with Crippen molar-refractivity contribution in [2.24, 2.45) is 0 Å². The molecule has 0 aliphatic carbocycles. The van der Waals surface area contributed by atoms with Crippen LogP contribution in [-0.4, -0.2) is 9.97 Å². The molecule has 0 spiro atoms. The molecule has 0 bridgehead atoms. The molecular formula is C11H8FN2S. The lowest BCUT2D eigenvalue weighted by molar-refractivity contribution is 0.764. The summed E-state index contributed by atoms with van der Waals surface area (Å²) in [6, 6.07) is 5.25. The average molecular weight is 219 g/mol. The topological polar surface area (TPSA) is 25.8 Å². The average Bonchev–Trinajstić information content (AvgIpc) is 2.78. The van der Waals surface area contributed by atoms with E-state index in [2.05, 4.69) is 16.9 Å². The molecule has 4 heteroatoms. The fraction of sp³-hybridized carbons (Fsp3) is 0. The van der Waals surface area contributed by atoms with Gasteiger partial charge in [-0.3, -0.25) is 0 Å². The van der Waals surface area contributed by atoms with Gasteiger partial charge in [0.1, 0.15) is 5.83 Å². The Kier molecular flexibility index (Phi) is 2.87. The van der Waals surface area contributed by atoms with Crippen LogP contribution in [-0.2, 0) is 0 Å². The standard InChI is InChI=1S/C11H8FN2S/c1-2-8(12)9-4-5-10(15-9)11-13-6-3-7-14-11/h2-7H,1H2/b8-2+. The molecule has 0 aromatic carbocycles. The minimum atomic E-state index is -0.317. The highest BCUT2D eigenvalue weighted by molar-refractivity contribution is 7.16. The number of hydrogen-bond donors (Lipinski definition) is 0. The second-order valence-electron chi connectivity index (χ2n) is 2.79. The van der Waals surface area contributed by atoms with Crippen LogP contribution in [0.1, 0.15) is 4.88 Å². The Hall–Kier alpha value is -1.55. The smallest absolute Gasteiger partial charge is 0.169 e. The van der Waals surface area contributed by atoms with Crippen LogP contribution in [0.15, 0.2) is 36.7 Å². The number of halogens is 1. The first-order chi connectivity index (χ1) is 7.31. The predicted octanol–water partition coefficient (Wildman–Crippen LogP) is 3.35. The monoisotopic (exact) mass is 219 g/mol. The summed E-state index contributed by atoms with van der Waals surface area (Å²) in [5.41, 5.74) is 0. The summed E-state index contributed by atoms with van der Waals surface area (Å²) >= 11 is 1.31. The molecule has 75 valence electrons. The molecule has 2 aromatic rings. The Morgan fingerprint density at radius 1 is 1.33 bits per heavy atom. The van der Waals surface area contributed by atoms with E-state index in [1.54, 1.807) is 30.6 Å². The van der Waals surface area contributed by atoms with Crippen LogP contribution in [0.2, 0.25) is 0 Å². The minimum absolute atomic E-state index is 0.317. The summed E-state index contributed by atoms with van der Waals surface area (Å²) in [6.07, 6.45) is 4.52. The molecule has 0 amide bonds. The quantitative estimate of drug-likeness (QED) is 0.774. The third-order valence-electron chi connectivity index (χ3n) is 1.81. The molecule has 0 atom stereocenters. The number of hydrogen-bond acceptors (Lipinski definition) is 3. The molecule has 0 unspecified atom stereocenters. The third-order valence-corrected chi connectivity index (χ3v) is 2.90. The molecule has 0 saturated heterocycles. The summed E-state index contributed by atoms with van der Waals surface area (Å²) in [4.78, 5) is 9.58. The van der Waals surface area contributed by atoms with Crippen molar-refractivity contribution in [2.45, 2.75) is 0 Å². The Balaban J connectivity index is 2.36. The van der Waals surface area contributed by atoms with Crippen molar-refractivity contribution in [3.05, 3.63) is 48.5 Å². The first-order valence-corrected chi connectivity index (χ1v) is 5.15. The minimum Gasteiger partial charge on any atom is -0.236 e. The number of rotatable bonds is 2. The van der Waals surface area contributed by atoms with Gasteiger partial charge in [0, 0.05) is 12.4 Å². The van der Waals surface area contributed by atoms with Crippen molar-refractivity contribution >= 4 is 17.2 Å². The highest BCUT2D eigenvalue weighted by Crippen LogP contribution is 2.30. The van der Waals surface area contributed by atoms with Crippen molar-refractivity contribution < 1.29 is 4.39 Å². The van der Waals surface area contributed by atoms with Crippen molar-refractivity contribution in [2.75, 3.05) is 0 Å². The zero-order valence-electron chi connectivity index (χ0n) is 7.85. The van der Waals surface area contributed by atoms with Crippen LogP contribution in [0.25, 0.3) is 16.5 Å². The lowest BCUT2D eigenvalue weighted by atomic mass is 10.3. The number of allylic oxidation sites excluding steroid dienone is 1. The summed E-state index contributed by atoms with van der Waals surface area (Å²) < 4.78 is 13.2. The van der Waals surface area contributed by atoms with Gasteiger partial charge in [0.15, 0.2) is 5.82 Å². The fourth-order valence-corrected chi connectivity index (χ4v) is 2.00. The molecule has 0 N–H and O–H groups in total. The van der Waals surface area contributed by atoms with Gasteiger partial charge in [-0.15, -0.1) is 11.3 Å². The first-order valence-electron chi connectivity index (χ1n) is 4.34. The Morgan fingerprint density at radius 2 is 2.07 bits per heavy atom. The molecule has 0 aliphatic rings. The Morgan fingerprint density at radius 3 is 2.73 bits per heavy atom. The lowest BCUT2D eigenvalue weighted by Gasteiger charge is -1.92. The molecule has 0 aliphatic heterocycles. The normalized spacial score (nSPS) is 11.7.